The van der Waals surface area contributed by atoms with Crippen LogP contribution in [0.1, 0.15) is 45.1 Å². The Morgan fingerprint density at radius 2 is 1.76 bits per heavy atom. The summed E-state index contributed by atoms with van der Waals surface area (Å²) in [6.45, 7) is 6.27. The molecule has 0 amide bonds. The van der Waals surface area contributed by atoms with Crippen molar-refractivity contribution in [2.45, 2.75) is 45.6 Å². The van der Waals surface area contributed by atoms with Gasteiger partial charge in [0.2, 0.25) is 0 Å². The molecule has 1 N–H and O–H groups in total. The number of benzene rings is 1. The predicted molar refractivity (Wildman–Crippen MR) is 77.7 cm³/mol. The topological polar surface area (TPSA) is 20.2 Å². The van der Waals surface area contributed by atoms with Crippen molar-refractivity contribution < 1.29 is 5.11 Å². The third-order valence-electron chi connectivity index (χ3n) is 3.17. The van der Waals surface area contributed by atoms with E-state index in [0.29, 0.717) is 0 Å². The molecule has 1 aromatic carbocycles. The van der Waals surface area contributed by atoms with E-state index in [1.165, 1.54) is 5.56 Å². The van der Waals surface area contributed by atoms with Crippen molar-refractivity contribution in [3.8, 4) is 0 Å². The fraction of sp³-hybridized carbons (Fsp3) is 0.600. The van der Waals surface area contributed by atoms with Gasteiger partial charge >= 0.3 is 0 Å². The van der Waals surface area contributed by atoms with Crippen LogP contribution < -0.4 is 0 Å². The van der Waals surface area contributed by atoms with Gasteiger partial charge in [0.25, 0.3) is 0 Å². The summed E-state index contributed by atoms with van der Waals surface area (Å²) in [4.78, 5) is 0. The first-order valence-electron chi connectivity index (χ1n) is 6.30. The highest BCUT2D eigenvalue weighted by Gasteiger charge is 2.30. The van der Waals surface area contributed by atoms with E-state index in [1.54, 1.807) is 0 Å². The molecule has 0 heterocycles. The van der Waals surface area contributed by atoms with E-state index >= 15 is 0 Å². The lowest BCUT2D eigenvalue weighted by atomic mass is 9.76. The van der Waals surface area contributed by atoms with E-state index in [-0.39, 0.29) is 17.4 Å². The van der Waals surface area contributed by atoms with Crippen molar-refractivity contribution in [1.82, 2.24) is 0 Å². The second-order valence-electron chi connectivity index (χ2n) is 5.69. The number of aliphatic hydroxyl groups excluding tert-OH is 1. The highest BCUT2D eigenvalue weighted by molar-refractivity contribution is 7.80. The Labute approximate surface area is 111 Å². The first-order chi connectivity index (χ1) is 7.96. The minimum atomic E-state index is -0.315. The van der Waals surface area contributed by atoms with Crippen molar-refractivity contribution in [1.29, 1.82) is 0 Å². The van der Waals surface area contributed by atoms with Gasteiger partial charge in [-0.1, -0.05) is 51.1 Å². The molecule has 0 aliphatic rings. The van der Waals surface area contributed by atoms with Gasteiger partial charge in [-0.2, -0.15) is 12.6 Å². The lowest BCUT2D eigenvalue weighted by Gasteiger charge is -2.33. The highest BCUT2D eigenvalue weighted by Crippen LogP contribution is 2.34. The number of aliphatic hydroxyl groups is 1. The maximum atomic E-state index is 10.5. The van der Waals surface area contributed by atoms with E-state index in [1.807, 2.05) is 18.2 Å². The maximum absolute atomic E-state index is 10.5. The number of hydrogen-bond donors (Lipinski definition) is 2. The summed E-state index contributed by atoms with van der Waals surface area (Å²) in [7, 11) is 0. The van der Waals surface area contributed by atoms with Crippen LogP contribution in [0.3, 0.4) is 0 Å². The fourth-order valence-corrected chi connectivity index (χ4v) is 2.30. The maximum Gasteiger partial charge on any atom is 0.0656 e. The molecule has 0 fully saturated rings. The molecule has 0 saturated carbocycles. The normalized spacial score (nSPS) is 15.6. The van der Waals surface area contributed by atoms with E-state index in [0.717, 1.165) is 18.6 Å². The summed E-state index contributed by atoms with van der Waals surface area (Å²) in [5.41, 5.74) is 1.15. The van der Waals surface area contributed by atoms with Crippen LogP contribution >= 0.6 is 12.6 Å². The zero-order valence-corrected chi connectivity index (χ0v) is 12.0. The van der Waals surface area contributed by atoms with Gasteiger partial charge in [0, 0.05) is 5.92 Å². The predicted octanol–water partition coefficient (Wildman–Crippen LogP) is 3.89. The minimum Gasteiger partial charge on any atom is -0.392 e. The largest absolute Gasteiger partial charge is 0.392 e. The summed E-state index contributed by atoms with van der Waals surface area (Å²) < 4.78 is 0. The Bertz CT molecular complexity index is 315. The first-order valence-corrected chi connectivity index (χ1v) is 6.94. The van der Waals surface area contributed by atoms with Crippen LogP contribution in [-0.4, -0.2) is 17.0 Å². The zero-order valence-electron chi connectivity index (χ0n) is 11.1. The Hall–Kier alpha value is -0.470. The van der Waals surface area contributed by atoms with Crippen LogP contribution in [0.15, 0.2) is 30.3 Å². The van der Waals surface area contributed by atoms with Crippen LogP contribution in [0, 0.1) is 5.41 Å². The zero-order chi connectivity index (χ0) is 12.9. The Morgan fingerprint density at radius 3 is 2.24 bits per heavy atom. The van der Waals surface area contributed by atoms with Gasteiger partial charge in [-0.15, -0.1) is 0 Å². The summed E-state index contributed by atoms with van der Waals surface area (Å²) in [6.07, 6.45) is 1.71. The molecule has 1 aromatic rings. The smallest absolute Gasteiger partial charge is 0.0656 e. The molecule has 0 radical (unpaired) electrons. The van der Waals surface area contributed by atoms with Gasteiger partial charge < -0.3 is 5.11 Å². The van der Waals surface area contributed by atoms with Crippen LogP contribution in [0.2, 0.25) is 0 Å². The molecular weight excluding hydrogens is 228 g/mol. The number of thiol groups is 1. The molecule has 0 bridgehead atoms. The molecule has 1 rings (SSSR count). The molecule has 96 valence electrons. The molecular formula is C15H24OS. The third-order valence-corrected chi connectivity index (χ3v) is 3.49. The van der Waals surface area contributed by atoms with Crippen molar-refractivity contribution in [3.05, 3.63) is 35.9 Å². The Balaban J connectivity index is 2.88. The minimum absolute atomic E-state index is 0.0862. The molecule has 17 heavy (non-hydrogen) atoms. The summed E-state index contributed by atoms with van der Waals surface area (Å²) in [5.74, 6) is 1.09. The average Bonchev–Trinajstić information content (AvgIpc) is 2.29. The fourth-order valence-electron chi connectivity index (χ4n) is 2.12. The second-order valence-corrected chi connectivity index (χ2v) is 6.14. The Kier molecular flexibility index (Phi) is 5.54. The van der Waals surface area contributed by atoms with E-state index < -0.39 is 0 Å². The van der Waals surface area contributed by atoms with Crippen LogP contribution in [0.4, 0.5) is 0 Å². The van der Waals surface area contributed by atoms with Crippen LogP contribution in [0.25, 0.3) is 0 Å². The van der Waals surface area contributed by atoms with Crippen LogP contribution in [0.5, 0.6) is 0 Å². The molecule has 2 atom stereocenters. The number of rotatable bonds is 5. The summed E-state index contributed by atoms with van der Waals surface area (Å²) in [6, 6.07) is 10.3. The highest BCUT2D eigenvalue weighted by atomic mass is 32.1. The molecule has 0 aliphatic heterocycles. The van der Waals surface area contributed by atoms with Gasteiger partial charge in [-0.05, 0) is 29.6 Å². The van der Waals surface area contributed by atoms with Crippen molar-refractivity contribution in [2.75, 3.05) is 5.75 Å². The number of hydrogen-bond acceptors (Lipinski definition) is 2. The van der Waals surface area contributed by atoms with E-state index in [4.69, 9.17) is 0 Å². The van der Waals surface area contributed by atoms with Gasteiger partial charge in [0.05, 0.1) is 6.10 Å². The van der Waals surface area contributed by atoms with Crippen molar-refractivity contribution in [3.63, 3.8) is 0 Å². The lowest BCUT2D eigenvalue weighted by Crippen LogP contribution is -2.32. The molecule has 1 nitrogen and oxygen atoms in total. The van der Waals surface area contributed by atoms with E-state index in [9.17, 15) is 5.11 Å². The SMILES string of the molecule is CC(C)(C)C(O)C(CCCS)c1ccccc1. The standard InChI is InChI=1S/C15H24OS/c1-15(2,3)14(16)13(10-7-11-17)12-8-5-4-6-9-12/h4-6,8-9,13-14,16-17H,7,10-11H2,1-3H3. The van der Waals surface area contributed by atoms with Gasteiger partial charge in [0.1, 0.15) is 0 Å². The average molecular weight is 252 g/mol. The summed E-state index contributed by atoms with van der Waals surface area (Å²) in [5, 5.41) is 10.5. The van der Waals surface area contributed by atoms with E-state index in [2.05, 4.69) is 45.5 Å². The van der Waals surface area contributed by atoms with Gasteiger partial charge in [-0.3, -0.25) is 0 Å². The first kappa shape index (κ1) is 14.6. The van der Waals surface area contributed by atoms with Crippen molar-refractivity contribution in [2.24, 2.45) is 5.41 Å². The molecule has 0 aromatic heterocycles. The van der Waals surface area contributed by atoms with Gasteiger partial charge in [-0.25, -0.2) is 0 Å². The second kappa shape index (κ2) is 6.46. The molecule has 0 saturated heterocycles. The molecule has 0 spiro atoms. The molecule has 2 unspecified atom stereocenters. The summed E-state index contributed by atoms with van der Waals surface area (Å²) >= 11 is 4.27. The van der Waals surface area contributed by atoms with Gasteiger partial charge in [0.15, 0.2) is 0 Å². The molecule has 0 aliphatic carbocycles. The molecule has 2 heteroatoms. The monoisotopic (exact) mass is 252 g/mol. The third kappa shape index (κ3) is 4.36. The Morgan fingerprint density at radius 1 is 1.18 bits per heavy atom. The van der Waals surface area contributed by atoms with Crippen LogP contribution in [-0.2, 0) is 0 Å². The quantitative estimate of drug-likeness (QED) is 0.762. The lowest BCUT2D eigenvalue weighted by molar-refractivity contribution is 0.0358. The van der Waals surface area contributed by atoms with Crippen molar-refractivity contribution >= 4 is 12.6 Å².